The Morgan fingerprint density at radius 3 is 2.83 bits per heavy atom. The van der Waals surface area contributed by atoms with E-state index in [0.29, 0.717) is 6.54 Å². The summed E-state index contributed by atoms with van der Waals surface area (Å²) in [5.41, 5.74) is 6.34. The van der Waals surface area contributed by atoms with Crippen LogP contribution < -0.4 is 5.32 Å². The fourth-order valence-corrected chi connectivity index (χ4v) is 3.24. The summed E-state index contributed by atoms with van der Waals surface area (Å²) in [6, 6.07) is 10.5. The number of anilines is 1. The summed E-state index contributed by atoms with van der Waals surface area (Å²) in [4.78, 5) is 1.14. The molecule has 0 bridgehead atoms. The fourth-order valence-electron chi connectivity index (χ4n) is 2.49. The quantitative estimate of drug-likeness (QED) is 0.777. The average Bonchev–Trinajstić information content (AvgIpc) is 3.14. The molecular formula is C18H18N4S. The van der Waals surface area contributed by atoms with Crippen LogP contribution in [-0.4, -0.2) is 9.78 Å². The number of nitrogens with zero attached hydrogens (tertiary/aromatic N) is 3. The first kappa shape index (κ1) is 15.3. The summed E-state index contributed by atoms with van der Waals surface area (Å²) < 4.78 is 1.97. The van der Waals surface area contributed by atoms with Crippen molar-refractivity contribution in [1.29, 1.82) is 5.26 Å². The van der Waals surface area contributed by atoms with Crippen molar-refractivity contribution in [3.63, 3.8) is 0 Å². The number of rotatable bonds is 4. The maximum absolute atomic E-state index is 8.88. The third-order valence-electron chi connectivity index (χ3n) is 3.84. The molecule has 3 rings (SSSR count). The number of benzene rings is 1. The van der Waals surface area contributed by atoms with E-state index in [-0.39, 0.29) is 0 Å². The Balaban J connectivity index is 1.82. The van der Waals surface area contributed by atoms with Crippen molar-refractivity contribution in [2.45, 2.75) is 27.3 Å². The highest BCUT2D eigenvalue weighted by atomic mass is 32.1. The molecule has 116 valence electrons. The van der Waals surface area contributed by atoms with Crippen molar-refractivity contribution in [3.8, 4) is 11.8 Å². The minimum Gasteiger partial charge on any atom is -0.377 e. The zero-order valence-electron chi connectivity index (χ0n) is 13.4. The first-order valence-electron chi connectivity index (χ1n) is 7.42. The number of hydrogen-bond acceptors (Lipinski definition) is 4. The number of aryl methyl sites for hydroxylation is 2. The number of hydrogen-bond donors (Lipinski definition) is 1. The zero-order chi connectivity index (χ0) is 16.4. The second-order valence-electron chi connectivity index (χ2n) is 5.61. The van der Waals surface area contributed by atoms with Gasteiger partial charge in [-0.25, -0.2) is 4.68 Å². The van der Waals surface area contributed by atoms with Crippen LogP contribution in [0.15, 0.2) is 35.8 Å². The molecule has 0 spiro atoms. The lowest BCUT2D eigenvalue weighted by Crippen LogP contribution is -2.03. The van der Waals surface area contributed by atoms with Crippen LogP contribution in [0.5, 0.6) is 0 Å². The van der Waals surface area contributed by atoms with Gasteiger partial charge in [-0.1, -0.05) is 12.1 Å². The number of thiophene rings is 1. The molecule has 2 heterocycles. The minimum absolute atomic E-state index is 0.700. The highest BCUT2D eigenvalue weighted by Crippen LogP contribution is 2.23. The van der Waals surface area contributed by atoms with E-state index in [1.165, 1.54) is 11.1 Å². The molecule has 5 heteroatoms. The molecular weight excluding hydrogens is 304 g/mol. The Labute approximate surface area is 140 Å². The largest absolute Gasteiger partial charge is 0.377 e. The van der Waals surface area contributed by atoms with Gasteiger partial charge < -0.3 is 5.32 Å². The topological polar surface area (TPSA) is 53.6 Å². The lowest BCUT2D eigenvalue weighted by molar-refractivity contribution is 0.839. The normalized spacial score (nSPS) is 10.5. The van der Waals surface area contributed by atoms with Crippen molar-refractivity contribution in [3.05, 3.63) is 63.1 Å². The Kier molecular flexibility index (Phi) is 4.18. The maximum Gasteiger partial charge on any atom is 0.100 e. The van der Waals surface area contributed by atoms with Crippen molar-refractivity contribution in [2.75, 3.05) is 5.32 Å². The van der Waals surface area contributed by atoms with Crippen molar-refractivity contribution < 1.29 is 0 Å². The smallest absolute Gasteiger partial charge is 0.100 e. The molecule has 0 atom stereocenters. The zero-order valence-corrected chi connectivity index (χ0v) is 14.2. The standard InChI is InChI=1S/C18H18N4S/c1-12-4-5-13(2)18(6-12)22-14(3)17(10-21-22)20-9-16-7-15(8-19)11-23-16/h4-7,10-11,20H,9H2,1-3H3. The summed E-state index contributed by atoms with van der Waals surface area (Å²) >= 11 is 1.59. The number of aromatic nitrogens is 2. The van der Waals surface area contributed by atoms with Gasteiger partial charge in [0.25, 0.3) is 0 Å². The van der Waals surface area contributed by atoms with Crippen molar-refractivity contribution in [1.82, 2.24) is 9.78 Å². The van der Waals surface area contributed by atoms with Gasteiger partial charge in [-0.15, -0.1) is 11.3 Å². The van der Waals surface area contributed by atoms with Gasteiger partial charge in [0.2, 0.25) is 0 Å². The lowest BCUT2D eigenvalue weighted by atomic mass is 10.1. The van der Waals surface area contributed by atoms with Gasteiger partial charge in [0, 0.05) is 16.8 Å². The SMILES string of the molecule is Cc1ccc(C)c(-n2ncc(NCc3cc(C#N)cs3)c2C)c1. The third kappa shape index (κ3) is 3.13. The molecule has 0 amide bonds. The summed E-state index contributed by atoms with van der Waals surface area (Å²) in [5.74, 6) is 0. The van der Waals surface area contributed by atoms with Crippen LogP contribution in [0.2, 0.25) is 0 Å². The first-order chi connectivity index (χ1) is 11.1. The molecule has 0 saturated carbocycles. The molecule has 0 unspecified atom stereocenters. The Morgan fingerprint density at radius 2 is 2.09 bits per heavy atom. The van der Waals surface area contributed by atoms with Crippen LogP contribution in [-0.2, 0) is 6.54 Å². The molecule has 0 aliphatic carbocycles. The van der Waals surface area contributed by atoms with Gasteiger partial charge in [0.1, 0.15) is 6.07 Å². The molecule has 0 fully saturated rings. The molecule has 0 aliphatic heterocycles. The summed E-state index contributed by atoms with van der Waals surface area (Å²) in [6.45, 7) is 6.94. The second kappa shape index (κ2) is 6.27. The molecule has 3 aromatic rings. The third-order valence-corrected chi connectivity index (χ3v) is 4.78. The van der Waals surface area contributed by atoms with Crippen molar-refractivity contribution >= 4 is 17.0 Å². The molecule has 0 saturated heterocycles. The van der Waals surface area contributed by atoms with Crippen LogP contribution in [0.25, 0.3) is 5.69 Å². The van der Waals surface area contributed by atoms with Gasteiger partial charge in [-0.2, -0.15) is 10.4 Å². The summed E-state index contributed by atoms with van der Waals surface area (Å²) in [6.07, 6.45) is 1.86. The van der Waals surface area contributed by atoms with E-state index in [1.807, 2.05) is 22.3 Å². The Bertz CT molecular complexity index is 883. The average molecular weight is 322 g/mol. The highest BCUT2D eigenvalue weighted by molar-refractivity contribution is 7.10. The first-order valence-corrected chi connectivity index (χ1v) is 8.30. The van der Waals surface area contributed by atoms with Crippen LogP contribution in [0.1, 0.15) is 27.3 Å². The van der Waals surface area contributed by atoms with E-state index in [0.717, 1.165) is 27.5 Å². The highest BCUT2D eigenvalue weighted by Gasteiger charge is 2.10. The molecule has 2 aromatic heterocycles. The van der Waals surface area contributed by atoms with Gasteiger partial charge in [0.05, 0.1) is 28.8 Å². The monoisotopic (exact) mass is 322 g/mol. The van der Waals surface area contributed by atoms with E-state index in [4.69, 9.17) is 5.26 Å². The molecule has 0 radical (unpaired) electrons. The summed E-state index contributed by atoms with van der Waals surface area (Å²) in [7, 11) is 0. The van der Waals surface area contributed by atoms with Gasteiger partial charge in [-0.05, 0) is 44.0 Å². The van der Waals surface area contributed by atoms with Crippen LogP contribution in [0.4, 0.5) is 5.69 Å². The molecule has 1 aromatic carbocycles. The predicted molar refractivity (Wildman–Crippen MR) is 94.1 cm³/mol. The molecule has 23 heavy (non-hydrogen) atoms. The van der Waals surface area contributed by atoms with Crippen molar-refractivity contribution in [2.24, 2.45) is 0 Å². The minimum atomic E-state index is 0.700. The fraction of sp³-hybridized carbons (Fsp3) is 0.222. The lowest BCUT2D eigenvalue weighted by Gasteiger charge is -2.10. The predicted octanol–water partition coefficient (Wildman–Crippen LogP) is 4.34. The Hall–Kier alpha value is -2.58. The second-order valence-corrected chi connectivity index (χ2v) is 6.61. The van der Waals surface area contributed by atoms with E-state index < -0.39 is 0 Å². The number of nitriles is 1. The summed E-state index contributed by atoms with van der Waals surface area (Å²) in [5, 5.41) is 18.7. The van der Waals surface area contributed by atoms with Gasteiger partial charge in [0.15, 0.2) is 0 Å². The Morgan fingerprint density at radius 1 is 1.26 bits per heavy atom. The van der Waals surface area contributed by atoms with E-state index >= 15 is 0 Å². The molecule has 1 N–H and O–H groups in total. The number of nitrogens with one attached hydrogen (secondary N) is 1. The van der Waals surface area contributed by atoms with Gasteiger partial charge >= 0.3 is 0 Å². The van der Waals surface area contributed by atoms with E-state index in [2.05, 4.69) is 55.5 Å². The van der Waals surface area contributed by atoms with E-state index in [9.17, 15) is 0 Å². The van der Waals surface area contributed by atoms with E-state index in [1.54, 1.807) is 11.3 Å². The van der Waals surface area contributed by atoms with Gasteiger partial charge in [-0.3, -0.25) is 0 Å². The van der Waals surface area contributed by atoms with Crippen LogP contribution in [0.3, 0.4) is 0 Å². The molecule has 4 nitrogen and oxygen atoms in total. The van der Waals surface area contributed by atoms with Crippen LogP contribution >= 0.6 is 11.3 Å². The maximum atomic E-state index is 8.88. The molecule has 0 aliphatic rings. The van der Waals surface area contributed by atoms with Crippen LogP contribution in [0, 0.1) is 32.1 Å².